The molecule has 0 saturated heterocycles. The standard InChI is InChI=1S/C17H23N3O2S/c1-12(11-23-4)17(21)19-15(16-18-8-9-20(16)2)13-6-5-7-14(10-13)22-3/h5-10,12,15H,11H2,1-4H3,(H,19,21). The van der Waals surface area contributed by atoms with Crippen LogP contribution in [-0.2, 0) is 11.8 Å². The number of nitrogens with zero attached hydrogens (tertiary/aromatic N) is 2. The topological polar surface area (TPSA) is 56.1 Å². The summed E-state index contributed by atoms with van der Waals surface area (Å²) in [5.74, 6) is 2.31. The Hall–Kier alpha value is -1.95. The molecule has 124 valence electrons. The van der Waals surface area contributed by atoms with Crippen LogP contribution in [0.15, 0.2) is 36.7 Å². The fourth-order valence-corrected chi connectivity index (χ4v) is 3.03. The van der Waals surface area contributed by atoms with Gasteiger partial charge in [-0.1, -0.05) is 19.1 Å². The van der Waals surface area contributed by atoms with Gasteiger partial charge in [0, 0.05) is 31.1 Å². The molecule has 0 aliphatic carbocycles. The highest BCUT2D eigenvalue weighted by Gasteiger charge is 2.23. The lowest BCUT2D eigenvalue weighted by Crippen LogP contribution is -2.35. The number of carbonyl (C=O) groups is 1. The average Bonchev–Trinajstić information content (AvgIpc) is 2.98. The van der Waals surface area contributed by atoms with Gasteiger partial charge in [0.05, 0.1) is 7.11 Å². The summed E-state index contributed by atoms with van der Waals surface area (Å²) in [5, 5.41) is 3.12. The molecule has 2 aromatic rings. The molecule has 0 fully saturated rings. The van der Waals surface area contributed by atoms with Crippen molar-refractivity contribution in [2.75, 3.05) is 19.1 Å². The second-order valence-corrected chi connectivity index (χ2v) is 6.38. The van der Waals surface area contributed by atoms with E-state index in [-0.39, 0.29) is 17.9 Å². The van der Waals surface area contributed by atoms with Crippen molar-refractivity contribution < 1.29 is 9.53 Å². The van der Waals surface area contributed by atoms with Crippen molar-refractivity contribution in [3.8, 4) is 5.75 Å². The van der Waals surface area contributed by atoms with E-state index in [9.17, 15) is 4.79 Å². The van der Waals surface area contributed by atoms with E-state index >= 15 is 0 Å². The highest BCUT2D eigenvalue weighted by Crippen LogP contribution is 2.24. The van der Waals surface area contributed by atoms with Crippen LogP contribution in [0, 0.1) is 5.92 Å². The maximum Gasteiger partial charge on any atom is 0.224 e. The zero-order valence-corrected chi connectivity index (χ0v) is 14.8. The third kappa shape index (κ3) is 4.28. The Labute approximate surface area is 141 Å². The van der Waals surface area contributed by atoms with E-state index in [0.717, 1.165) is 22.9 Å². The van der Waals surface area contributed by atoms with Crippen molar-refractivity contribution in [3.63, 3.8) is 0 Å². The van der Waals surface area contributed by atoms with Gasteiger partial charge in [-0.05, 0) is 24.0 Å². The Kier molecular flexibility index (Phi) is 6.10. The van der Waals surface area contributed by atoms with Gasteiger partial charge in [-0.2, -0.15) is 11.8 Å². The summed E-state index contributed by atoms with van der Waals surface area (Å²) in [7, 11) is 3.56. The monoisotopic (exact) mass is 333 g/mol. The molecule has 0 aliphatic heterocycles. The number of nitrogens with one attached hydrogen (secondary N) is 1. The number of carbonyl (C=O) groups excluding carboxylic acids is 1. The minimum absolute atomic E-state index is 0.0233. The smallest absolute Gasteiger partial charge is 0.224 e. The number of hydrogen-bond donors (Lipinski definition) is 1. The summed E-state index contributed by atoms with van der Waals surface area (Å²) in [6.07, 6.45) is 5.61. The number of amides is 1. The quantitative estimate of drug-likeness (QED) is 0.846. The lowest BCUT2D eigenvalue weighted by atomic mass is 10.0. The minimum atomic E-state index is -0.304. The van der Waals surface area contributed by atoms with Gasteiger partial charge < -0.3 is 14.6 Å². The van der Waals surface area contributed by atoms with Gasteiger partial charge in [-0.3, -0.25) is 4.79 Å². The summed E-state index contributed by atoms with van der Waals surface area (Å²) in [6.45, 7) is 1.94. The third-order valence-electron chi connectivity index (χ3n) is 3.69. The summed E-state index contributed by atoms with van der Waals surface area (Å²) in [4.78, 5) is 16.9. The number of methoxy groups -OCH3 is 1. The molecule has 0 bridgehead atoms. The van der Waals surface area contributed by atoms with Gasteiger partial charge in [0.2, 0.25) is 5.91 Å². The largest absolute Gasteiger partial charge is 0.497 e. The average molecular weight is 333 g/mol. The summed E-state index contributed by atoms with van der Waals surface area (Å²) >= 11 is 1.67. The molecule has 2 rings (SSSR count). The first-order valence-electron chi connectivity index (χ1n) is 7.47. The van der Waals surface area contributed by atoms with E-state index in [1.807, 2.05) is 55.3 Å². The summed E-state index contributed by atoms with van der Waals surface area (Å²) in [6, 6.07) is 7.40. The molecule has 0 radical (unpaired) electrons. The summed E-state index contributed by atoms with van der Waals surface area (Å²) < 4.78 is 7.22. The van der Waals surface area contributed by atoms with E-state index in [1.165, 1.54) is 0 Å². The number of aryl methyl sites for hydroxylation is 1. The van der Waals surface area contributed by atoms with Gasteiger partial charge in [0.1, 0.15) is 17.6 Å². The Morgan fingerprint density at radius 3 is 2.87 bits per heavy atom. The van der Waals surface area contributed by atoms with Crippen molar-refractivity contribution in [2.45, 2.75) is 13.0 Å². The van der Waals surface area contributed by atoms with Gasteiger partial charge in [-0.15, -0.1) is 0 Å². The zero-order valence-electron chi connectivity index (χ0n) is 13.9. The SMILES string of the molecule is COc1cccc(C(NC(=O)C(C)CSC)c2nccn2C)c1. The van der Waals surface area contributed by atoms with Crippen LogP contribution in [0.1, 0.15) is 24.4 Å². The van der Waals surface area contributed by atoms with Crippen LogP contribution in [0.2, 0.25) is 0 Å². The number of aromatic nitrogens is 2. The molecule has 1 heterocycles. The molecule has 0 saturated carbocycles. The van der Waals surface area contributed by atoms with Crippen LogP contribution in [0.3, 0.4) is 0 Å². The van der Waals surface area contributed by atoms with E-state index < -0.39 is 0 Å². The molecule has 1 aromatic carbocycles. The van der Waals surface area contributed by atoms with Crippen LogP contribution >= 0.6 is 11.8 Å². The van der Waals surface area contributed by atoms with E-state index in [4.69, 9.17) is 4.74 Å². The molecule has 0 aliphatic rings. The molecular weight excluding hydrogens is 310 g/mol. The molecule has 1 amide bonds. The van der Waals surface area contributed by atoms with Crippen molar-refractivity contribution >= 4 is 17.7 Å². The van der Waals surface area contributed by atoms with Crippen LogP contribution < -0.4 is 10.1 Å². The highest BCUT2D eigenvalue weighted by atomic mass is 32.2. The van der Waals surface area contributed by atoms with Crippen molar-refractivity contribution in [1.29, 1.82) is 0 Å². The predicted octanol–water partition coefficient (Wildman–Crippen LogP) is 2.63. The van der Waals surface area contributed by atoms with Crippen molar-refractivity contribution in [2.24, 2.45) is 13.0 Å². The van der Waals surface area contributed by atoms with E-state index in [0.29, 0.717) is 0 Å². The second kappa shape index (κ2) is 8.06. The maximum absolute atomic E-state index is 12.5. The molecule has 1 N–H and O–H groups in total. The lowest BCUT2D eigenvalue weighted by molar-refractivity contribution is -0.124. The Bertz CT molecular complexity index is 657. The third-order valence-corrected chi connectivity index (χ3v) is 4.53. The number of hydrogen-bond acceptors (Lipinski definition) is 4. The van der Waals surface area contributed by atoms with Gasteiger partial charge in [0.15, 0.2) is 0 Å². The first-order chi connectivity index (χ1) is 11.1. The highest BCUT2D eigenvalue weighted by molar-refractivity contribution is 7.98. The van der Waals surface area contributed by atoms with Gasteiger partial charge in [0.25, 0.3) is 0 Å². The molecular formula is C17H23N3O2S. The van der Waals surface area contributed by atoms with Crippen LogP contribution in [0.25, 0.3) is 0 Å². The Morgan fingerprint density at radius 1 is 1.48 bits per heavy atom. The second-order valence-electron chi connectivity index (χ2n) is 5.47. The molecule has 6 heteroatoms. The molecule has 0 spiro atoms. The Morgan fingerprint density at radius 2 is 2.26 bits per heavy atom. The first-order valence-corrected chi connectivity index (χ1v) is 8.86. The number of thioether (sulfide) groups is 1. The fraction of sp³-hybridized carbons (Fsp3) is 0.412. The zero-order chi connectivity index (χ0) is 16.8. The van der Waals surface area contributed by atoms with Crippen LogP contribution in [0.5, 0.6) is 5.75 Å². The number of imidazole rings is 1. The molecule has 2 atom stereocenters. The fourth-order valence-electron chi connectivity index (χ4n) is 2.38. The summed E-state index contributed by atoms with van der Waals surface area (Å²) in [5.41, 5.74) is 0.948. The number of rotatable bonds is 7. The maximum atomic E-state index is 12.5. The van der Waals surface area contributed by atoms with Crippen molar-refractivity contribution in [3.05, 3.63) is 48.0 Å². The molecule has 2 unspecified atom stereocenters. The normalized spacial score (nSPS) is 13.4. The van der Waals surface area contributed by atoms with E-state index in [1.54, 1.807) is 25.1 Å². The predicted molar refractivity (Wildman–Crippen MR) is 93.7 cm³/mol. The van der Waals surface area contributed by atoms with Crippen LogP contribution in [0.4, 0.5) is 0 Å². The molecule has 5 nitrogen and oxygen atoms in total. The number of benzene rings is 1. The van der Waals surface area contributed by atoms with Gasteiger partial charge in [-0.25, -0.2) is 4.98 Å². The first kappa shape index (κ1) is 17.4. The van der Waals surface area contributed by atoms with Crippen molar-refractivity contribution in [1.82, 2.24) is 14.9 Å². The Balaban J connectivity index is 2.32. The van der Waals surface area contributed by atoms with Crippen LogP contribution in [-0.4, -0.2) is 34.6 Å². The minimum Gasteiger partial charge on any atom is -0.497 e. The lowest BCUT2D eigenvalue weighted by Gasteiger charge is -2.21. The van der Waals surface area contributed by atoms with Gasteiger partial charge >= 0.3 is 0 Å². The van der Waals surface area contributed by atoms with E-state index in [2.05, 4.69) is 10.3 Å². The molecule has 1 aromatic heterocycles. The number of ether oxygens (including phenoxy) is 1. The molecule has 23 heavy (non-hydrogen) atoms.